The van der Waals surface area contributed by atoms with E-state index in [9.17, 15) is 9.59 Å². The van der Waals surface area contributed by atoms with E-state index in [0.29, 0.717) is 35.9 Å². The van der Waals surface area contributed by atoms with E-state index in [1.165, 1.54) is 14.2 Å². The molecule has 2 aromatic rings. The van der Waals surface area contributed by atoms with Crippen molar-refractivity contribution in [3.8, 4) is 17.2 Å². The number of ether oxygens (including phenoxy) is 3. The maximum absolute atomic E-state index is 13.8. The molecule has 1 aliphatic rings. The summed E-state index contributed by atoms with van der Waals surface area (Å²) in [6, 6.07) is 13.4. The van der Waals surface area contributed by atoms with Gasteiger partial charge in [0.1, 0.15) is 0 Å². The number of hydrogen-bond donors (Lipinski definition) is 0. The summed E-state index contributed by atoms with van der Waals surface area (Å²) in [7, 11) is 8.23. The average Bonchev–Trinajstić information content (AvgIpc) is 3.39. The predicted octanol–water partition coefficient (Wildman–Crippen LogP) is 4.20. The first kappa shape index (κ1) is 29.0. The topological polar surface area (TPSA) is 71.6 Å². The zero-order valence-electron chi connectivity index (χ0n) is 23.5. The molecule has 0 bridgehead atoms. The summed E-state index contributed by atoms with van der Waals surface area (Å²) >= 11 is 0. The van der Waals surface area contributed by atoms with Gasteiger partial charge in [-0.05, 0) is 50.4 Å². The van der Waals surface area contributed by atoms with Crippen LogP contribution < -0.4 is 14.2 Å². The van der Waals surface area contributed by atoms with Crippen LogP contribution in [0.3, 0.4) is 0 Å². The molecule has 2 amide bonds. The van der Waals surface area contributed by atoms with Crippen molar-refractivity contribution in [1.82, 2.24) is 14.7 Å². The summed E-state index contributed by atoms with van der Waals surface area (Å²) < 4.78 is 16.4. The number of likely N-dealkylation sites (N-methyl/N-ethyl adjacent to an activating group) is 1. The first-order valence-electron chi connectivity index (χ1n) is 13.1. The summed E-state index contributed by atoms with van der Waals surface area (Å²) in [6.45, 7) is 4.72. The van der Waals surface area contributed by atoms with Crippen LogP contribution in [-0.2, 0) is 4.79 Å². The molecule has 1 aliphatic heterocycles. The molecule has 0 saturated carbocycles. The summed E-state index contributed by atoms with van der Waals surface area (Å²) in [5.74, 6) is 1.35. The highest BCUT2D eigenvalue weighted by molar-refractivity contribution is 5.96. The SMILES string of the molecule is COc1cc(C(=O)N(CCCN2CCC[C@H]2C(=O)N(C)C)CC(C)=Cc2ccccc2)cc(OC)c1OC. The third-order valence-electron chi connectivity index (χ3n) is 6.81. The third-order valence-corrected chi connectivity index (χ3v) is 6.81. The number of hydrogen-bond acceptors (Lipinski definition) is 6. The van der Waals surface area contributed by atoms with Gasteiger partial charge in [0.05, 0.1) is 27.4 Å². The van der Waals surface area contributed by atoms with Gasteiger partial charge in [0.2, 0.25) is 11.7 Å². The smallest absolute Gasteiger partial charge is 0.254 e. The molecule has 2 aromatic carbocycles. The first-order chi connectivity index (χ1) is 18.3. The summed E-state index contributed by atoms with van der Waals surface area (Å²) in [6.07, 6.45) is 4.75. The van der Waals surface area contributed by atoms with Crippen LogP contribution >= 0.6 is 0 Å². The Hall–Kier alpha value is -3.52. The molecular weight excluding hydrogens is 482 g/mol. The molecule has 8 nitrogen and oxygen atoms in total. The van der Waals surface area contributed by atoms with Crippen molar-refractivity contribution >= 4 is 17.9 Å². The fraction of sp³-hybridized carbons (Fsp3) is 0.467. The fourth-order valence-electron chi connectivity index (χ4n) is 4.96. The quantitative estimate of drug-likeness (QED) is 0.415. The molecule has 38 heavy (non-hydrogen) atoms. The van der Waals surface area contributed by atoms with Crippen molar-refractivity contribution in [2.75, 3.05) is 61.6 Å². The Morgan fingerprint density at radius 2 is 1.68 bits per heavy atom. The van der Waals surface area contributed by atoms with Crippen LogP contribution in [0.4, 0.5) is 0 Å². The van der Waals surface area contributed by atoms with E-state index >= 15 is 0 Å². The number of rotatable bonds is 12. The second-order valence-corrected chi connectivity index (χ2v) is 9.82. The molecule has 206 valence electrons. The van der Waals surface area contributed by atoms with Crippen molar-refractivity contribution in [1.29, 1.82) is 0 Å². The molecule has 0 unspecified atom stereocenters. The molecule has 1 atom stereocenters. The Labute approximate surface area is 226 Å². The van der Waals surface area contributed by atoms with E-state index in [0.717, 1.165) is 43.5 Å². The van der Waals surface area contributed by atoms with E-state index in [-0.39, 0.29) is 17.9 Å². The van der Waals surface area contributed by atoms with Gasteiger partial charge in [-0.25, -0.2) is 0 Å². The molecule has 0 aromatic heterocycles. The number of benzene rings is 2. The van der Waals surface area contributed by atoms with Gasteiger partial charge in [-0.1, -0.05) is 42.0 Å². The maximum atomic E-state index is 13.8. The number of carbonyl (C=O) groups is 2. The van der Waals surface area contributed by atoms with Crippen molar-refractivity contribution < 1.29 is 23.8 Å². The first-order valence-corrected chi connectivity index (χ1v) is 13.1. The number of likely N-dealkylation sites (tertiary alicyclic amines) is 1. The Bertz CT molecular complexity index is 1090. The van der Waals surface area contributed by atoms with Gasteiger partial charge in [-0.15, -0.1) is 0 Å². The van der Waals surface area contributed by atoms with Gasteiger partial charge < -0.3 is 24.0 Å². The minimum absolute atomic E-state index is 0.0797. The number of carbonyl (C=O) groups excluding carboxylic acids is 2. The van der Waals surface area contributed by atoms with Gasteiger partial charge in [0, 0.05) is 39.3 Å². The van der Waals surface area contributed by atoms with Gasteiger partial charge in [0.15, 0.2) is 11.5 Å². The van der Waals surface area contributed by atoms with Gasteiger partial charge in [-0.2, -0.15) is 0 Å². The van der Waals surface area contributed by atoms with Gasteiger partial charge >= 0.3 is 0 Å². The van der Waals surface area contributed by atoms with Crippen LogP contribution in [0.2, 0.25) is 0 Å². The minimum Gasteiger partial charge on any atom is -0.493 e. The number of methoxy groups -OCH3 is 3. The maximum Gasteiger partial charge on any atom is 0.254 e. The highest BCUT2D eigenvalue weighted by Crippen LogP contribution is 2.38. The minimum atomic E-state index is -0.118. The Morgan fingerprint density at radius 1 is 1.03 bits per heavy atom. The van der Waals surface area contributed by atoms with Crippen LogP contribution in [0.5, 0.6) is 17.2 Å². The van der Waals surface area contributed by atoms with Crippen molar-refractivity contribution in [3.05, 3.63) is 59.2 Å². The third kappa shape index (κ3) is 7.28. The number of nitrogens with zero attached hydrogens (tertiary/aromatic N) is 3. The lowest BCUT2D eigenvalue weighted by Gasteiger charge is -2.28. The lowest BCUT2D eigenvalue weighted by molar-refractivity contribution is -0.133. The van der Waals surface area contributed by atoms with E-state index < -0.39 is 0 Å². The standard InChI is InChI=1S/C30H41N3O5/c1-22(18-23-12-8-7-9-13-23)21-33(17-11-16-32-15-10-14-25(32)30(35)31(2)3)29(34)24-19-26(36-4)28(38-6)27(20-24)37-5/h7-9,12-13,18-20,25H,10-11,14-17,21H2,1-6H3/t25-/m0/s1. The largest absolute Gasteiger partial charge is 0.493 e. The Kier molecular flexibility index (Phi) is 10.6. The molecule has 0 N–H and O–H groups in total. The summed E-state index contributed by atoms with van der Waals surface area (Å²) in [5.41, 5.74) is 2.62. The molecule has 0 spiro atoms. The molecular formula is C30H41N3O5. The molecule has 8 heteroatoms. The highest BCUT2D eigenvalue weighted by Gasteiger charge is 2.31. The van der Waals surface area contributed by atoms with Crippen LogP contribution in [-0.4, -0.2) is 94.2 Å². The van der Waals surface area contributed by atoms with E-state index in [1.807, 2.05) is 42.2 Å². The fourth-order valence-corrected chi connectivity index (χ4v) is 4.96. The van der Waals surface area contributed by atoms with Gasteiger partial charge in [-0.3, -0.25) is 14.5 Å². The van der Waals surface area contributed by atoms with E-state index in [1.54, 1.807) is 38.2 Å². The monoisotopic (exact) mass is 523 g/mol. The van der Waals surface area contributed by atoms with Crippen LogP contribution in [0, 0.1) is 0 Å². The summed E-state index contributed by atoms with van der Waals surface area (Å²) in [4.78, 5) is 32.2. The molecule has 1 saturated heterocycles. The zero-order chi connectivity index (χ0) is 27.7. The van der Waals surface area contributed by atoms with Gasteiger partial charge in [0.25, 0.3) is 5.91 Å². The van der Waals surface area contributed by atoms with Crippen LogP contribution in [0.1, 0.15) is 42.1 Å². The van der Waals surface area contributed by atoms with Crippen LogP contribution in [0.25, 0.3) is 6.08 Å². The molecule has 3 rings (SSSR count). The number of amides is 2. The highest BCUT2D eigenvalue weighted by atomic mass is 16.5. The van der Waals surface area contributed by atoms with Crippen molar-refractivity contribution in [2.24, 2.45) is 0 Å². The molecule has 0 radical (unpaired) electrons. The lowest BCUT2D eigenvalue weighted by Crippen LogP contribution is -2.43. The lowest BCUT2D eigenvalue weighted by atomic mass is 10.1. The zero-order valence-corrected chi connectivity index (χ0v) is 23.5. The van der Waals surface area contributed by atoms with Crippen molar-refractivity contribution in [2.45, 2.75) is 32.2 Å². The predicted molar refractivity (Wildman–Crippen MR) is 150 cm³/mol. The normalized spacial score (nSPS) is 15.7. The second-order valence-electron chi connectivity index (χ2n) is 9.82. The molecule has 1 fully saturated rings. The van der Waals surface area contributed by atoms with E-state index in [4.69, 9.17) is 14.2 Å². The Morgan fingerprint density at radius 3 is 2.26 bits per heavy atom. The molecule has 1 heterocycles. The second kappa shape index (κ2) is 13.9. The average molecular weight is 524 g/mol. The van der Waals surface area contributed by atoms with E-state index in [2.05, 4.69) is 11.0 Å². The summed E-state index contributed by atoms with van der Waals surface area (Å²) in [5, 5.41) is 0. The Balaban J connectivity index is 1.82. The van der Waals surface area contributed by atoms with Crippen LogP contribution in [0.15, 0.2) is 48.0 Å². The van der Waals surface area contributed by atoms with Crippen molar-refractivity contribution in [3.63, 3.8) is 0 Å². The molecule has 0 aliphatic carbocycles.